The average molecular weight is 196 g/mol. The fraction of sp³-hybridized carbons (Fsp3) is 0.556. The maximum absolute atomic E-state index is 11.1. The Kier molecular flexibility index (Phi) is 3.64. The number of nitrogens with two attached hydrogens (primary N) is 1. The number of nitrogens with zero attached hydrogens (tertiary/aromatic N) is 2. The highest BCUT2D eigenvalue weighted by Crippen LogP contribution is 2.10. The van der Waals surface area contributed by atoms with Crippen LogP contribution in [0.5, 0.6) is 0 Å². The number of rotatable bonds is 5. The van der Waals surface area contributed by atoms with Crippen LogP contribution in [0.3, 0.4) is 0 Å². The number of hydrogen-bond donors (Lipinski definition) is 2. The van der Waals surface area contributed by atoms with Gasteiger partial charge in [0.05, 0.1) is 6.20 Å². The van der Waals surface area contributed by atoms with Crippen LogP contribution in [-0.4, -0.2) is 22.2 Å². The SMILES string of the molecule is CCCNC(C(N)=O)c1cnn(C)c1. The van der Waals surface area contributed by atoms with Crippen molar-refractivity contribution < 1.29 is 4.79 Å². The van der Waals surface area contributed by atoms with Crippen molar-refractivity contribution >= 4 is 5.91 Å². The van der Waals surface area contributed by atoms with Crippen LogP contribution in [0, 0.1) is 0 Å². The van der Waals surface area contributed by atoms with E-state index in [0.717, 1.165) is 18.5 Å². The summed E-state index contributed by atoms with van der Waals surface area (Å²) in [6.45, 7) is 2.80. The predicted octanol–water partition coefficient (Wildman–Crippen LogP) is -0.0539. The van der Waals surface area contributed by atoms with Crippen molar-refractivity contribution in [3.8, 4) is 0 Å². The summed E-state index contributed by atoms with van der Waals surface area (Å²) in [5.74, 6) is -0.369. The first kappa shape index (κ1) is 10.7. The Morgan fingerprint density at radius 3 is 2.93 bits per heavy atom. The average Bonchev–Trinajstić information content (AvgIpc) is 2.52. The molecule has 0 spiro atoms. The van der Waals surface area contributed by atoms with E-state index in [2.05, 4.69) is 10.4 Å². The summed E-state index contributed by atoms with van der Waals surface area (Å²) < 4.78 is 1.65. The second-order valence-corrected chi connectivity index (χ2v) is 3.24. The van der Waals surface area contributed by atoms with E-state index >= 15 is 0 Å². The minimum Gasteiger partial charge on any atom is -0.368 e. The summed E-state index contributed by atoms with van der Waals surface area (Å²) >= 11 is 0. The Morgan fingerprint density at radius 2 is 2.50 bits per heavy atom. The molecule has 0 aromatic carbocycles. The van der Waals surface area contributed by atoms with Crippen LogP contribution in [0.25, 0.3) is 0 Å². The number of hydrogen-bond acceptors (Lipinski definition) is 3. The highest BCUT2D eigenvalue weighted by atomic mass is 16.1. The summed E-state index contributed by atoms with van der Waals surface area (Å²) in [6, 6.07) is -0.427. The number of aryl methyl sites for hydroxylation is 1. The molecule has 14 heavy (non-hydrogen) atoms. The molecule has 5 heteroatoms. The lowest BCUT2D eigenvalue weighted by Gasteiger charge is -2.12. The summed E-state index contributed by atoms with van der Waals surface area (Å²) in [4.78, 5) is 11.1. The van der Waals surface area contributed by atoms with Crippen LogP contribution in [-0.2, 0) is 11.8 Å². The molecule has 78 valence electrons. The van der Waals surface area contributed by atoms with Crippen molar-refractivity contribution in [3.63, 3.8) is 0 Å². The highest BCUT2D eigenvalue weighted by molar-refractivity contribution is 5.81. The van der Waals surface area contributed by atoms with Gasteiger partial charge in [0.15, 0.2) is 0 Å². The van der Waals surface area contributed by atoms with Crippen molar-refractivity contribution in [2.24, 2.45) is 12.8 Å². The standard InChI is InChI=1S/C9H16N4O/c1-3-4-11-8(9(10)14)7-5-12-13(2)6-7/h5-6,8,11H,3-4H2,1-2H3,(H2,10,14). The van der Waals surface area contributed by atoms with Crippen LogP contribution in [0.4, 0.5) is 0 Å². The van der Waals surface area contributed by atoms with Crippen molar-refractivity contribution in [1.29, 1.82) is 0 Å². The molecule has 1 aromatic rings. The molecule has 1 unspecified atom stereocenters. The zero-order chi connectivity index (χ0) is 10.6. The third-order valence-corrected chi connectivity index (χ3v) is 1.94. The Labute approximate surface area is 83.3 Å². The zero-order valence-corrected chi connectivity index (χ0v) is 8.53. The van der Waals surface area contributed by atoms with Crippen LogP contribution < -0.4 is 11.1 Å². The fourth-order valence-electron chi connectivity index (χ4n) is 1.26. The number of carbonyl (C=O) groups excluding carboxylic acids is 1. The van der Waals surface area contributed by atoms with Gasteiger partial charge in [-0.1, -0.05) is 6.92 Å². The number of carbonyl (C=O) groups is 1. The van der Waals surface area contributed by atoms with Crippen molar-refractivity contribution in [3.05, 3.63) is 18.0 Å². The monoisotopic (exact) mass is 196 g/mol. The van der Waals surface area contributed by atoms with Gasteiger partial charge >= 0.3 is 0 Å². The van der Waals surface area contributed by atoms with E-state index < -0.39 is 6.04 Å². The highest BCUT2D eigenvalue weighted by Gasteiger charge is 2.17. The zero-order valence-electron chi connectivity index (χ0n) is 8.53. The molecule has 1 aromatic heterocycles. The van der Waals surface area contributed by atoms with Crippen LogP contribution >= 0.6 is 0 Å². The number of amides is 1. The molecule has 1 atom stereocenters. The molecular weight excluding hydrogens is 180 g/mol. The normalized spacial score (nSPS) is 12.7. The number of aromatic nitrogens is 2. The molecule has 0 fully saturated rings. The largest absolute Gasteiger partial charge is 0.368 e. The smallest absolute Gasteiger partial charge is 0.239 e. The lowest BCUT2D eigenvalue weighted by Crippen LogP contribution is -2.33. The van der Waals surface area contributed by atoms with Gasteiger partial charge in [0.1, 0.15) is 6.04 Å². The van der Waals surface area contributed by atoms with E-state index in [-0.39, 0.29) is 5.91 Å². The van der Waals surface area contributed by atoms with E-state index in [4.69, 9.17) is 5.73 Å². The first-order valence-corrected chi connectivity index (χ1v) is 4.66. The number of primary amides is 1. The van der Waals surface area contributed by atoms with Crippen molar-refractivity contribution in [2.75, 3.05) is 6.54 Å². The molecule has 0 aliphatic carbocycles. The van der Waals surface area contributed by atoms with Crippen LogP contribution in [0.1, 0.15) is 24.9 Å². The molecule has 0 aliphatic rings. The van der Waals surface area contributed by atoms with Gasteiger partial charge in [-0.2, -0.15) is 5.10 Å². The second-order valence-electron chi connectivity index (χ2n) is 3.24. The topological polar surface area (TPSA) is 72.9 Å². The summed E-state index contributed by atoms with van der Waals surface area (Å²) in [7, 11) is 1.81. The maximum atomic E-state index is 11.1. The second kappa shape index (κ2) is 4.76. The number of nitrogens with one attached hydrogen (secondary N) is 1. The third-order valence-electron chi connectivity index (χ3n) is 1.94. The molecule has 5 nitrogen and oxygen atoms in total. The quantitative estimate of drug-likeness (QED) is 0.693. The van der Waals surface area contributed by atoms with Gasteiger partial charge < -0.3 is 11.1 Å². The van der Waals surface area contributed by atoms with Gasteiger partial charge in [0.25, 0.3) is 0 Å². The van der Waals surface area contributed by atoms with Gasteiger partial charge in [0.2, 0.25) is 5.91 Å². The molecule has 0 saturated carbocycles. The lowest BCUT2D eigenvalue weighted by molar-refractivity contribution is -0.120. The van der Waals surface area contributed by atoms with E-state index in [0.29, 0.717) is 0 Å². The molecule has 0 bridgehead atoms. The van der Waals surface area contributed by atoms with Gasteiger partial charge in [-0.25, -0.2) is 0 Å². The fourth-order valence-corrected chi connectivity index (χ4v) is 1.26. The Balaban J connectivity index is 2.72. The van der Waals surface area contributed by atoms with Crippen LogP contribution in [0.2, 0.25) is 0 Å². The van der Waals surface area contributed by atoms with Gasteiger partial charge in [-0.15, -0.1) is 0 Å². The minimum atomic E-state index is -0.427. The molecule has 0 aliphatic heterocycles. The van der Waals surface area contributed by atoms with Crippen LogP contribution in [0.15, 0.2) is 12.4 Å². The van der Waals surface area contributed by atoms with Gasteiger partial charge in [0, 0.05) is 18.8 Å². The molecule has 0 radical (unpaired) electrons. The molecule has 1 rings (SSSR count). The van der Waals surface area contributed by atoms with Crippen molar-refractivity contribution in [2.45, 2.75) is 19.4 Å². The van der Waals surface area contributed by atoms with E-state index in [9.17, 15) is 4.79 Å². The summed E-state index contributed by atoms with van der Waals surface area (Å²) in [5.41, 5.74) is 6.09. The first-order valence-electron chi connectivity index (χ1n) is 4.66. The first-order chi connectivity index (χ1) is 6.65. The van der Waals surface area contributed by atoms with E-state index in [1.54, 1.807) is 24.1 Å². The van der Waals surface area contributed by atoms with Gasteiger partial charge in [-0.3, -0.25) is 9.48 Å². The Hall–Kier alpha value is -1.36. The van der Waals surface area contributed by atoms with Crippen molar-refractivity contribution in [1.82, 2.24) is 15.1 Å². The lowest BCUT2D eigenvalue weighted by atomic mass is 10.1. The molecular formula is C9H16N4O. The third kappa shape index (κ3) is 2.56. The Morgan fingerprint density at radius 1 is 1.79 bits per heavy atom. The predicted molar refractivity (Wildman–Crippen MR) is 53.4 cm³/mol. The van der Waals surface area contributed by atoms with E-state index in [1.807, 2.05) is 6.92 Å². The maximum Gasteiger partial charge on any atom is 0.239 e. The molecule has 3 N–H and O–H groups in total. The molecule has 1 heterocycles. The summed E-state index contributed by atoms with van der Waals surface area (Å²) in [5, 5.41) is 7.07. The van der Waals surface area contributed by atoms with E-state index in [1.165, 1.54) is 0 Å². The molecule has 1 amide bonds. The molecule has 0 saturated heterocycles. The summed E-state index contributed by atoms with van der Waals surface area (Å²) in [6.07, 6.45) is 4.40. The van der Waals surface area contributed by atoms with Gasteiger partial charge in [-0.05, 0) is 13.0 Å². The Bertz CT molecular complexity index is 308. The minimum absolute atomic E-state index is 0.369.